The van der Waals surface area contributed by atoms with Crippen molar-refractivity contribution in [1.82, 2.24) is 4.90 Å². The molecule has 0 radical (unpaired) electrons. The van der Waals surface area contributed by atoms with E-state index in [2.05, 4.69) is 0 Å². The zero-order valence-electron chi connectivity index (χ0n) is 5.71. The molecular formula is C6H13NO2. The van der Waals surface area contributed by atoms with E-state index in [9.17, 15) is 0 Å². The van der Waals surface area contributed by atoms with E-state index in [4.69, 9.17) is 9.84 Å². The highest BCUT2D eigenvalue weighted by molar-refractivity contribution is 4.61. The molecule has 1 saturated heterocycles. The summed E-state index contributed by atoms with van der Waals surface area (Å²) in [5, 5.41) is 9.05. The zero-order chi connectivity index (χ0) is 6.69. The summed E-state index contributed by atoms with van der Waals surface area (Å²) in [5.41, 5.74) is 0. The lowest BCUT2D eigenvalue weighted by Gasteiger charge is -2.28. The van der Waals surface area contributed by atoms with E-state index < -0.39 is 0 Å². The minimum Gasteiger partial charge on any atom is -0.379 e. The molecule has 1 N–H and O–H groups in total. The fourth-order valence-corrected chi connectivity index (χ4v) is 0.951. The molecule has 0 aromatic heterocycles. The Balaban J connectivity index is 2.23. The van der Waals surface area contributed by atoms with Crippen LogP contribution in [0.4, 0.5) is 0 Å². The van der Waals surface area contributed by atoms with Gasteiger partial charge in [0, 0.05) is 13.1 Å². The van der Waals surface area contributed by atoms with Crippen LogP contribution in [0.15, 0.2) is 0 Å². The molecule has 1 aliphatic rings. The highest BCUT2D eigenvalue weighted by atomic mass is 16.5. The fraction of sp³-hybridized carbons (Fsp3) is 1.00. The lowest BCUT2D eigenvalue weighted by atomic mass is 10.4. The maximum absolute atomic E-state index is 9.05. The minimum atomic E-state index is -0.311. The largest absolute Gasteiger partial charge is 0.379 e. The fourth-order valence-electron chi connectivity index (χ4n) is 0.951. The Morgan fingerprint density at radius 2 is 2.00 bits per heavy atom. The number of hydrogen-bond acceptors (Lipinski definition) is 3. The van der Waals surface area contributed by atoms with Gasteiger partial charge in [-0.25, -0.2) is 0 Å². The number of morpholine rings is 1. The highest BCUT2D eigenvalue weighted by Crippen LogP contribution is 1.99. The van der Waals surface area contributed by atoms with E-state index in [0.717, 1.165) is 26.3 Å². The average Bonchev–Trinajstić information content (AvgIpc) is 1.90. The van der Waals surface area contributed by atoms with Crippen LogP contribution in [-0.2, 0) is 4.74 Å². The molecule has 0 aliphatic carbocycles. The first-order valence-corrected chi connectivity index (χ1v) is 3.30. The predicted octanol–water partition coefficient (Wildman–Crippen LogP) is -0.343. The Labute approximate surface area is 55.2 Å². The third-order valence-corrected chi connectivity index (χ3v) is 1.57. The Bertz CT molecular complexity index is 79.1. The van der Waals surface area contributed by atoms with Crippen LogP contribution in [0.3, 0.4) is 0 Å². The third kappa shape index (κ3) is 1.93. The van der Waals surface area contributed by atoms with Gasteiger partial charge in [-0.1, -0.05) is 0 Å². The van der Waals surface area contributed by atoms with Crippen molar-refractivity contribution >= 4 is 0 Å². The average molecular weight is 131 g/mol. The van der Waals surface area contributed by atoms with E-state index in [0.29, 0.717) is 0 Å². The number of aliphatic hydroxyl groups excluding tert-OH is 1. The molecule has 0 unspecified atom stereocenters. The van der Waals surface area contributed by atoms with Gasteiger partial charge < -0.3 is 9.84 Å². The Hall–Kier alpha value is -0.120. The first-order valence-electron chi connectivity index (χ1n) is 3.30. The van der Waals surface area contributed by atoms with Crippen LogP contribution in [0.5, 0.6) is 0 Å². The summed E-state index contributed by atoms with van der Waals surface area (Å²) in [4.78, 5) is 1.99. The van der Waals surface area contributed by atoms with Gasteiger partial charge in [0.15, 0.2) is 0 Å². The topological polar surface area (TPSA) is 32.7 Å². The minimum absolute atomic E-state index is 0.311. The molecule has 0 amide bonds. The number of rotatable bonds is 1. The Morgan fingerprint density at radius 3 is 2.33 bits per heavy atom. The predicted molar refractivity (Wildman–Crippen MR) is 34.1 cm³/mol. The van der Waals surface area contributed by atoms with E-state index in [1.54, 1.807) is 6.92 Å². The van der Waals surface area contributed by atoms with Crippen molar-refractivity contribution in [2.24, 2.45) is 0 Å². The van der Waals surface area contributed by atoms with Crippen LogP contribution in [0, 0.1) is 0 Å². The van der Waals surface area contributed by atoms with Crippen LogP contribution < -0.4 is 0 Å². The first-order chi connectivity index (χ1) is 4.30. The second-order valence-corrected chi connectivity index (χ2v) is 2.28. The second-order valence-electron chi connectivity index (χ2n) is 2.28. The third-order valence-electron chi connectivity index (χ3n) is 1.57. The lowest BCUT2D eigenvalue weighted by molar-refractivity contribution is -0.0490. The second kappa shape index (κ2) is 3.15. The number of nitrogens with zero attached hydrogens (tertiary/aromatic N) is 1. The van der Waals surface area contributed by atoms with Gasteiger partial charge >= 0.3 is 0 Å². The van der Waals surface area contributed by atoms with Gasteiger partial charge in [-0.15, -0.1) is 0 Å². The van der Waals surface area contributed by atoms with E-state index >= 15 is 0 Å². The van der Waals surface area contributed by atoms with Gasteiger partial charge in [0.25, 0.3) is 0 Å². The number of aliphatic hydroxyl groups is 1. The summed E-state index contributed by atoms with van der Waals surface area (Å²) in [5.74, 6) is 0. The van der Waals surface area contributed by atoms with Crippen LogP contribution in [0.1, 0.15) is 6.92 Å². The van der Waals surface area contributed by atoms with Gasteiger partial charge in [-0.2, -0.15) is 0 Å². The molecule has 3 heteroatoms. The van der Waals surface area contributed by atoms with E-state index in [-0.39, 0.29) is 6.23 Å². The highest BCUT2D eigenvalue weighted by Gasteiger charge is 2.13. The molecule has 1 rings (SSSR count). The summed E-state index contributed by atoms with van der Waals surface area (Å²) in [6, 6.07) is 0. The van der Waals surface area contributed by atoms with Crippen molar-refractivity contribution in [3.63, 3.8) is 0 Å². The quantitative estimate of drug-likeness (QED) is 0.528. The van der Waals surface area contributed by atoms with Crippen molar-refractivity contribution < 1.29 is 9.84 Å². The maximum atomic E-state index is 9.05. The molecule has 0 saturated carbocycles. The Morgan fingerprint density at radius 1 is 1.44 bits per heavy atom. The molecule has 1 aliphatic heterocycles. The van der Waals surface area contributed by atoms with Gasteiger partial charge in [0.2, 0.25) is 0 Å². The molecule has 0 spiro atoms. The molecule has 9 heavy (non-hydrogen) atoms. The number of ether oxygens (including phenoxy) is 1. The van der Waals surface area contributed by atoms with Crippen LogP contribution in [0.25, 0.3) is 0 Å². The molecule has 1 heterocycles. The van der Waals surface area contributed by atoms with Gasteiger partial charge in [0.1, 0.15) is 6.23 Å². The zero-order valence-corrected chi connectivity index (χ0v) is 5.71. The molecular weight excluding hydrogens is 118 g/mol. The molecule has 0 bridgehead atoms. The van der Waals surface area contributed by atoms with Gasteiger partial charge in [-0.05, 0) is 6.92 Å². The van der Waals surface area contributed by atoms with Crippen molar-refractivity contribution in [2.75, 3.05) is 26.3 Å². The van der Waals surface area contributed by atoms with Crippen molar-refractivity contribution in [3.05, 3.63) is 0 Å². The molecule has 1 fully saturated rings. The molecule has 3 nitrogen and oxygen atoms in total. The summed E-state index contributed by atoms with van der Waals surface area (Å²) < 4.78 is 5.10. The lowest BCUT2D eigenvalue weighted by Crippen LogP contribution is -2.41. The van der Waals surface area contributed by atoms with Crippen molar-refractivity contribution in [1.29, 1.82) is 0 Å². The molecule has 0 aromatic carbocycles. The van der Waals surface area contributed by atoms with Crippen LogP contribution in [-0.4, -0.2) is 42.5 Å². The molecule has 54 valence electrons. The first kappa shape index (κ1) is 6.99. The standard InChI is InChI=1S/C6H13NO2/c1-6(8)7-2-4-9-5-3-7/h6,8H,2-5H2,1H3/t6-/m1/s1. The SMILES string of the molecule is C[C@@H](O)N1CCOCC1. The Kier molecular flexibility index (Phi) is 2.45. The summed E-state index contributed by atoms with van der Waals surface area (Å²) >= 11 is 0. The summed E-state index contributed by atoms with van der Waals surface area (Å²) in [6.07, 6.45) is -0.311. The van der Waals surface area contributed by atoms with Gasteiger partial charge in [-0.3, -0.25) is 4.90 Å². The summed E-state index contributed by atoms with van der Waals surface area (Å²) in [7, 11) is 0. The van der Waals surface area contributed by atoms with Crippen LogP contribution >= 0.6 is 0 Å². The normalized spacial score (nSPS) is 26.0. The number of hydrogen-bond donors (Lipinski definition) is 1. The molecule has 1 atom stereocenters. The monoisotopic (exact) mass is 131 g/mol. The smallest absolute Gasteiger partial charge is 0.104 e. The molecule has 0 aromatic rings. The summed E-state index contributed by atoms with van der Waals surface area (Å²) in [6.45, 7) is 5.01. The van der Waals surface area contributed by atoms with Gasteiger partial charge in [0.05, 0.1) is 13.2 Å². The van der Waals surface area contributed by atoms with E-state index in [1.807, 2.05) is 4.90 Å². The maximum Gasteiger partial charge on any atom is 0.104 e. The van der Waals surface area contributed by atoms with Crippen molar-refractivity contribution in [3.8, 4) is 0 Å². The van der Waals surface area contributed by atoms with E-state index in [1.165, 1.54) is 0 Å². The van der Waals surface area contributed by atoms with Crippen LogP contribution in [0.2, 0.25) is 0 Å². The van der Waals surface area contributed by atoms with Crippen molar-refractivity contribution in [2.45, 2.75) is 13.2 Å².